The quantitative estimate of drug-likeness (QED) is 0.188. The molecule has 11 heteroatoms. The summed E-state index contributed by atoms with van der Waals surface area (Å²) in [5, 5.41) is 7.31. The number of halogens is 2. The molecule has 0 radical (unpaired) electrons. The Morgan fingerprint density at radius 1 is 1.13 bits per heavy atom. The molecule has 4 aromatic rings. The minimum absolute atomic E-state index is 0.110. The number of hydrogen-bond acceptors (Lipinski definition) is 7. The number of benzene rings is 2. The molecule has 9 nitrogen and oxygen atoms in total. The topological polar surface area (TPSA) is 96.4 Å². The smallest absolute Gasteiger partial charge is 0.247 e. The van der Waals surface area contributed by atoms with Gasteiger partial charge in [0.2, 0.25) is 5.56 Å². The van der Waals surface area contributed by atoms with Gasteiger partial charge in [-0.15, -0.1) is 0 Å². The van der Waals surface area contributed by atoms with Crippen LogP contribution in [0.3, 0.4) is 0 Å². The largest absolute Gasteiger partial charge is 0.383 e. The number of allylic oxidation sites excluding steroid dienone is 3. The molecule has 2 aliphatic heterocycles. The predicted octanol–water partition coefficient (Wildman–Crippen LogP) is 5.57. The second-order valence-electron chi connectivity index (χ2n) is 11.5. The molecule has 0 amide bonds. The van der Waals surface area contributed by atoms with E-state index in [-0.39, 0.29) is 24.2 Å². The van der Waals surface area contributed by atoms with Gasteiger partial charge in [-0.2, -0.15) is 0 Å². The van der Waals surface area contributed by atoms with E-state index < -0.39 is 0 Å². The zero-order chi connectivity index (χ0) is 31.2. The van der Waals surface area contributed by atoms with E-state index in [9.17, 15) is 9.18 Å². The van der Waals surface area contributed by atoms with E-state index in [2.05, 4.69) is 49.4 Å². The number of nitrogens with one attached hydrogen (secondary N) is 3. The van der Waals surface area contributed by atoms with Crippen LogP contribution in [0.5, 0.6) is 0 Å². The predicted molar refractivity (Wildman–Crippen MR) is 174 cm³/mol. The van der Waals surface area contributed by atoms with Crippen LogP contribution in [0.25, 0.3) is 11.0 Å². The lowest BCUT2D eigenvalue weighted by atomic mass is 9.92. The van der Waals surface area contributed by atoms with Crippen molar-refractivity contribution in [1.29, 1.82) is 0 Å². The molecule has 0 spiro atoms. The lowest BCUT2D eigenvalue weighted by molar-refractivity contribution is 0.0498. The minimum Gasteiger partial charge on any atom is -0.383 e. The highest BCUT2D eigenvalue weighted by Gasteiger charge is 2.26. The van der Waals surface area contributed by atoms with Crippen LogP contribution in [0.2, 0.25) is 5.02 Å². The zero-order valence-electron chi connectivity index (χ0n) is 25.3. The molecule has 3 N–H and O–H groups in total. The van der Waals surface area contributed by atoms with Gasteiger partial charge < -0.3 is 29.7 Å². The van der Waals surface area contributed by atoms with Gasteiger partial charge >= 0.3 is 0 Å². The molecule has 6 rings (SSSR count). The third kappa shape index (κ3) is 7.83. The third-order valence-electron chi connectivity index (χ3n) is 8.39. The summed E-state index contributed by atoms with van der Waals surface area (Å²) >= 11 is 5.88. The number of imidazole rings is 1. The Morgan fingerprint density at radius 2 is 2.00 bits per heavy atom. The van der Waals surface area contributed by atoms with Crippen LogP contribution in [-0.2, 0) is 35.7 Å². The summed E-state index contributed by atoms with van der Waals surface area (Å²) in [6.45, 7) is 4.76. The fraction of sp³-hybridized carbons (Fsp3) is 0.353. The van der Waals surface area contributed by atoms with Crippen molar-refractivity contribution in [2.24, 2.45) is 5.92 Å². The number of methoxy groups -OCH3 is 1. The average molecular weight is 633 g/mol. The molecule has 4 heterocycles. The maximum absolute atomic E-state index is 14.2. The van der Waals surface area contributed by atoms with E-state index in [0.29, 0.717) is 29.7 Å². The molecule has 2 aliphatic rings. The summed E-state index contributed by atoms with van der Waals surface area (Å²) in [6.07, 6.45) is 9.53. The number of rotatable bonds is 12. The van der Waals surface area contributed by atoms with Crippen molar-refractivity contribution in [3.05, 3.63) is 117 Å². The van der Waals surface area contributed by atoms with Crippen molar-refractivity contribution in [2.45, 2.75) is 45.3 Å². The SMILES string of the molecule is COCCn1c(CN2CCC(C3=CC=CC(OCc4ccc(Cl)cc4F)N3)CC2)nc2cc(NCc3ccc(=O)[nH]c3)ccc21. The van der Waals surface area contributed by atoms with Crippen molar-refractivity contribution < 1.29 is 13.9 Å². The lowest BCUT2D eigenvalue weighted by Crippen LogP contribution is -2.39. The Labute approximate surface area is 266 Å². The number of hydrogen-bond donors (Lipinski definition) is 3. The molecule has 1 fully saturated rings. The second-order valence-corrected chi connectivity index (χ2v) is 11.9. The third-order valence-corrected chi connectivity index (χ3v) is 8.62. The van der Waals surface area contributed by atoms with Crippen LogP contribution < -0.4 is 16.2 Å². The van der Waals surface area contributed by atoms with Crippen LogP contribution in [0.15, 0.2) is 83.4 Å². The summed E-state index contributed by atoms with van der Waals surface area (Å²) in [7, 11) is 1.72. The highest BCUT2D eigenvalue weighted by Crippen LogP contribution is 2.28. The number of fused-ring (bicyclic) bond motifs is 1. The zero-order valence-corrected chi connectivity index (χ0v) is 26.0. The van der Waals surface area contributed by atoms with Crippen molar-refractivity contribution in [2.75, 3.05) is 32.1 Å². The molecule has 236 valence electrons. The first kappa shape index (κ1) is 31.0. The van der Waals surface area contributed by atoms with Crippen molar-refractivity contribution >= 4 is 28.3 Å². The molecular formula is C34H38ClFN6O3. The number of piperidine rings is 1. The molecular weight excluding hydrogens is 595 g/mol. The number of dihydropyridines is 1. The number of aromatic amines is 1. The molecule has 2 aromatic heterocycles. The maximum Gasteiger partial charge on any atom is 0.247 e. The van der Waals surface area contributed by atoms with E-state index in [4.69, 9.17) is 26.1 Å². The maximum atomic E-state index is 14.2. The van der Waals surface area contributed by atoms with Crippen molar-refractivity contribution in [1.82, 2.24) is 24.8 Å². The van der Waals surface area contributed by atoms with Gasteiger partial charge in [0.1, 0.15) is 17.9 Å². The second kappa shape index (κ2) is 14.4. The molecule has 0 saturated carbocycles. The summed E-state index contributed by atoms with van der Waals surface area (Å²) in [6, 6.07) is 14.2. The number of pyridine rings is 1. The number of H-pyrrole nitrogens is 1. The molecule has 0 bridgehead atoms. The van der Waals surface area contributed by atoms with E-state index in [1.807, 2.05) is 18.2 Å². The Hall–Kier alpha value is -3.96. The van der Waals surface area contributed by atoms with Gasteiger partial charge in [-0.3, -0.25) is 9.69 Å². The lowest BCUT2D eigenvalue weighted by Gasteiger charge is -2.35. The van der Waals surface area contributed by atoms with Gasteiger partial charge in [-0.25, -0.2) is 9.37 Å². The van der Waals surface area contributed by atoms with E-state index in [0.717, 1.165) is 72.8 Å². The summed E-state index contributed by atoms with van der Waals surface area (Å²) in [5.74, 6) is 1.06. The highest BCUT2D eigenvalue weighted by atomic mass is 35.5. The molecule has 45 heavy (non-hydrogen) atoms. The summed E-state index contributed by atoms with van der Waals surface area (Å²) in [4.78, 5) is 21.6. The standard InChI is InChI=1S/C34H38ClFN6O3/c1-44-16-15-42-31-9-8-27(37-19-23-5-10-33(43)38-20-23)18-30(31)39-32(42)21-41-13-11-24(12-14-41)29-3-2-4-34(40-29)45-22-25-6-7-26(35)17-28(25)36/h2-10,17-18,20,24,34,37,40H,11-16,19,21-22H2,1H3,(H,38,43). The summed E-state index contributed by atoms with van der Waals surface area (Å²) < 4.78 is 27.8. The first-order chi connectivity index (χ1) is 21.9. The van der Waals surface area contributed by atoms with Crippen LogP contribution in [-0.4, -0.2) is 52.5 Å². The Morgan fingerprint density at radius 3 is 2.78 bits per heavy atom. The van der Waals surface area contributed by atoms with E-state index >= 15 is 0 Å². The average Bonchev–Trinajstić information content (AvgIpc) is 3.39. The van der Waals surface area contributed by atoms with Gasteiger partial charge in [0.05, 0.1) is 30.8 Å². The highest BCUT2D eigenvalue weighted by molar-refractivity contribution is 6.30. The number of nitrogens with zero attached hydrogens (tertiary/aromatic N) is 3. The van der Waals surface area contributed by atoms with Gasteiger partial charge in [0, 0.05) is 60.4 Å². The molecule has 2 aromatic carbocycles. The number of ether oxygens (including phenoxy) is 2. The number of likely N-dealkylation sites (tertiary alicyclic amines) is 1. The van der Waals surface area contributed by atoms with E-state index in [1.165, 1.54) is 12.1 Å². The van der Waals surface area contributed by atoms with Crippen molar-refractivity contribution in [3.8, 4) is 0 Å². The Balaban J connectivity index is 1.05. The van der Waals surface area contributed by atoms with Crippen LogP contribution in [0, 0.1) is 11.7 Å². The van der Waals surface area contributed by atoms with E-state index in [1.54, 1.807) is 25.4 Å². The number of anilines is 1. The van der Waals surface area contributed by atoms with Crippen LogP contribution in [0.1, 0.15) is 29.8 Å². The Kier molecular flexibility index (Phi) is 9.95. The van der Waals surface area contributed by atoms with Gasteiger partial charge in [-0.05, 0) is 74.0 Å². The molecule has 1 atom stereocenters. The van der Waals surface area contributed by atoms with Crippen LogP contribution >= 0.6 is 11.6 Å². The molecule has 1 saturated heterocycles. The van der Waals surface area contributed by atoms with Gasteiger partial charge in [0.25, 0.3) is 0 Å². The Bertz CT molecular complexity index is 1720. The normalized spacial score (nSPS) is 17.4. The van der Waals surface area contributed by atoms with Crippen molar-refractivity contribution in [3.63, 3.8) is 0 Å². The monoisotopic (exact) mass is 632 g/mol. The molecule has 1 unspecified atom stereocenters. The fourth-order valence-corrected chi connectivity index (χ4v) is 6.05. The first-order valence-corrected chi connectivity index (χ1v) is 15.7. The fourth-order valence-electron chi connectivity index (χ4n) is 5.89. The number of aromatic nitrogens is 3. The van der Waals surface area contributed by atoms with Crippen LogP contribution in [0.4, 0.5) is 10.1 Å². The minimum atomic E-state index is -0.360. The van der Waals surface area contributed by atoms with Gasteiger partial charge in [-0.1, -0.05) is 29.8 Å². The first-order valence-electron chi connectivity index (χ1n) is 15.3. The summed E-state index contributed by atoms with van der Waals surface area (Å²) in [5.41, 5.74) is 5.52. The molecule has 0 aliphatic carbocycles. The van der Waals surface area contributed by atoms with Gasteiger partial charge in [0.15, 0.2) is 0 Å².